The van der Waals surface area contributed by atoms with Crippen LogP contribution in [0, 0.1) is 29.1 Å². The van der Waals surface area contributed by atoms with Crippen molar-refractivity contribution in [2.24, 2.45) is 34.8 Å². The molecule has 1 heteroatoms. The Morgan fingerprint density at radius 1 is 1.12 bits per heavy atom. The standard InChI is InChI=1S/C16H31N/c1-6-9-13-11(4)12(5)15(7-2,8-3)14-10-16(13,14)17/h11-14H,6-10,17H2,1-5H3. The molecule has 0 aromatic rings. The minimum Gasteiger partial charge on any atom is -0.325 e. The minimum atomic E-state index is 0.202. The molecule has 2 rings (SSSR count). The van der Waals surface area contributed by atoms with Gasteiger partial charge < -0.3 is 5.73 Å². The normalized spacial score (nSPS) is 47.6. The molecule has 0 saturated heterocycles. The summed E-state index contributed by atoms with van der Waals surface area (Å²) >= 11 is 0. The molecule has 2 aliphatic rings. The van der Waals surface area contributed by atoms with Crippen LogP contribution in [0.3, 0.4) is 0 Å². The molecule has 2 fully saturated rings. The van der Waals surface area contributed by atoms with Gasteiger partial charge in [-0.1, -0.05) is 41.0 Å². The predicted octanol–water partition coefficient (Wildman–Crippen LogP) is 4.21. The Bertz CT molecular complexity index is 277. The highest BCUT2D eigenvalue weighted by Crippen LogP contribution is 2.69. The first-order valence-electron chi connectivity index (χ1n) is 7.76. The molecule has 100 valence electrons. The summed E-state index contributed by atoms with van der Waals surface area (Å²) < 4.78 is 0. The van der Waals surface area contributed by atoms with Crippen LogP contribution in [0.2, 0.25) is 0 Å². The number of rotatable bonds is 4. The lowest BCUT2D eigenvalue weighted by atomic mass is 9.55. The van der Waals surface area contributed by atoms with Crippen molar-refractivity contribution < 1.29 is 0 Å². The van der Waals surface area contributed by atoms with Gasteiger partial charge in [0.1, 0.15) is 0 Å². The highest BCUT2D eigenvalue weighted by molar-refractivity contribution is 5.22. The Labute approximate surface area is 108 Å². The average molecular weight is 237 g/mol. The molecule has 0 heterocycles. The monoisotopic (exact) mass is 237 g/mol. The molecule has 0 spiro atoms. The van der Waals surface area contributed by atoms with Gasteiger partial charge in [-0.25, -0.2) is 0 Å². The van der Waals surface area contributed by atoms with Gasteiger partial charge in [-0.05, 0) is 54.8 Å². The number of hydrogen-bond donors (Lipinski definition) is 1. The highest BCUT2D eigenvalue weighted by atomic mass is 14.9. The molecule has 2 N–H and O–H groups in total. The summed E-state index contributed by atoms with van der Waals surface area (Å²) in [7, 11) is 0. The van der Waals surface area contributed by atoms with E-state index in [1.165, 1.54) is 32.1 Å². The van der Waals surface area contributed by atoms with Crippen LogP contribution < -0.4 is 5.73 Å². The fraction of sp³-hybridized carbons (Fsp3) is 1.00. The lowest BCUT2D eigenvalue weighted by Crippen LogP contribution is -2.52. The SMILES string of the molecule is CCCC1C(C)C(C)C(CC)(CC)C2CC12N. The summed E-state index contributed by atoms with van der Waals surface area (Å²) in [5.41, 5.74) is 7.50. The summed E-state index contributed by atoms with van der Waals surface area (Å²) in [4.78, 5) is 0. The summed E-state index contributed by atoms with van der Waals surface area (Å²) in [5.74, 6) is 3.24. The van der Waals surface area contributed by atoms with E-state index in [4.69, 9.17) is 5.73 Å². The van der Waals surface area contributed by atoms with Crippen molar-refractivity contribution in [2.45, 2.75) is 72.3 Å². The van der Waals surface area contributed by atoms with Gasteiger partial charge in [0.05, 0.1) is 0 Å². The van der Waals surface area contributed by atoms with Crippen molar-refractivity contribution in [3.8, 4) is 0 Å². The molecule has 1 nitrogen and oxygen atoms in total. The second kappa shape index (κ2) is 4.26. The lowest BCUT2D eigenvalue weighted by Gasteiger charge is -2.51. The van der Waals surface area contributed by atoms with E-state index < -0.39 is 0 Å². The quantitative estimate of drug-likeness (QED) is 0.778. The lowest BCUT2D eigenvalue weighted by molar-refractivity contribution is -0.00990. The predicted molar refractivity (Wildman–Crippen MR) is 74.8 cm³/mol. The summed E-state index contributed by atoms with van der Waals surface area (Å²) in [5, 5.41) is 0. The first-order chi connectivity index (χ1) is 7.97. The Morgan fingerprint density at radius 3 is 2.18 bits per heavy atom. The van der Waals surface area contributed by atoms with Crippen molar-refractivity contribution in [3.05, 3.63) is 0 Å². The van der Waals surface area contributed by atoms with Crippen LogP contribution in [0.15, 0.2) is 0 Å². The van der Waals surface area contributed by atoms with Crippen LogP contribution in [0.25, 0.3) is 0 Å². The average Bonchev–Trinajstić information content (AvgIpc) is 3.01. The fourth-order valence-electron chi connectivity index (χ4n) is 5.35. The molecule has 2 aliphatic carbocycles. The van der Waals surface area contributed by atoms with E-state index in [0.29, 0.717) is 5.41 Å². The minimum absolute atomic E-state index is 0.202. The van der Waals surface area contributed by atoms with E-state index in [1.807, 2.05) is 0 Å². The van der Waals surface area contributed by atoms with Gasteiger partial charge >= 0.3 is 0 Å². The second-order valence-electron chi connectivity index (χ2n) is 6.85. The Hall–Kier alpha value is -0.0400. The van der Waals surface area contributed by atoms with Crippen LogP contribution >= 0.6 is 0 Å². The molecule has 0 bridgehead atoms. The third-order valence-corrected chi connectivity index (χ3v) is 6.68. The summed E-state index contributed by atoms with van der Waals surface area (Å²) in [6.07, 6.45) is 6.56. The van der Waals surface area contributed by atoms with E-state index in [0.717, 1.165) is 23.7 Å². The van der Waals surface area contributed by atoms with Crippen LogP contribution in [0.5, 0.6) is 0 Å². The molecule has 0 aromatic heterocycles. The van der Waals surface area contributed by atoms with E-state index in [-0.39, 0.29) is 5.54 Å². The van der Waals surface area contributed by atoms with Gasteiger partial charge in [0, 0.05) is 5.54 Å². The number of nitrogens with two attached hydrogens (primary N) is 1. The van der Waals surface area contributed by atoms with E-state index in [9.17, 15) is 0 Å². The number of hydrogen-bond acceptors (Lipinski definition) is 1. The van der Waals surface area contributed by atoms with Crippen molar-refractivity contribution in [1.82, 2.24) is 0 Å². The highest BCUT2D eigenvalue weighted by Gasteiger charge is 2.69. The molecular weight excluding hydrogens is 206 g/mol. The fourth-order valence-corrected chi connectivity index (χ4v) is 5.35. The van der Waals surface area contributed by atoms with E-state index in [1.54, 1.807) is 0 Å². The molecule has 0 radical (unpaired) electrons. The Morgan fingerprint density at radius 2 is 1.71 bits per heavy atom. The van der Waals surface area contributed by atoms with E-state index in [2.05, 4.69) is 34.6 Å². The van der Waals surface area contributed by atoms with Crippen molar-refractivity contribution in [3.63, 3.8) is 0 Å². The van der Waals surface area contributed by atoms with Crippen LogP contribution in [-0.4, -0.2) is 5.54 Å². The van der Waals surface area contributed by atoms with E-state index >= 15 is 0 Å². The maximum Gasteiger partial charge on any atom is 0.0223 e. The van der Waals surface area contributed by atoms with Gasteiger partial charge in [0.2, 0.25) is 0 Å². The van der Waals surface area contributed by atoms with Gasteiger partial charge in [0.25, 0.3) is 0 Å². The van der Waals surface area contributed by atoms with Gasteiger partial charge in [-0.3, -0.25) is 0 Å². The topological polar surface area (TPSA) is 26.0 Å². The summed E-state index contributed by atoms with van der Waals surface area (Å²) in [6, 6.07) is 0. The molecule has 5 atom stereocenters. The smallest absolute Gasteiger partial charge is 0.0223 e. The van der Waals surface area contributed by atoms with Crippen LogP contribution in [0.1, 0.15) is 66.7 Å². The van der Waals surface area contributed by atoms with Crippen LogP contribution in [-0.2, 0) is 0 Å². The third-order valence-electron chi connectivity index (χ3n) is 6.68. The van der Waals surface area contributed by atoms with Gasteiger partial charge in [-0.15, -0.1) is 0 Å². The maximum atomic E-state index is 6.76. The molecule has 0 aromatic carbocycles. The first kappa shape index (κ1) is 13.4. The zero-order chi connectivity index (χ0) is 12.8. The molecular formula is C16H31N. The van der Waals surface area contributed by atoms with Gasteiger partial charge in [-0.2, -0.15) is 0 Å². The molecule has 5 unspecified atom stereocenters. The largest absolute Gasteiger partial charge is 0.325 e. The van der Waals surface area contributed by atoms with Crippen molar-refractivity contribution in [1.29, 1.82) is 0 Å². The Kier molecular flexibility index (Phi) is 3.36. The zero-order valence-electron chi connectivity index (χ0n) is 12.4. The molecule has 0 aliphatic heterocycles. The van der Waals surface area contributed by atoms with Crippen molar-refractivity contribution in [2.75, 3.05) is 0 Å². The number of fused-ring (bicyclic) bond motifs is 1. The second-order valence-corrected chi connectivity index (χ2v) is 6.85. The first-order valence-corrected chi connectivity index (χ1v) is 7.76. The molecule has 17 heavy (non-hydrogen) atoms. The molecule has 0 amide bonds. The Balaban J connectivity index is 2.30. The zero-order valence-corrected chi connectivity index (χ0v) is 12.4. The molecule has 2 saturated carbocycles. The maximum absolute atomic E-state index is 6.76. The third kappa shape index (κ3) is 1.61. The summed E-state index contributed by atoms with van der Waals surface area (Å²) in [6.45, 7) is 12.0. The van der Waals surface area contributed by atoms with Gasteiger partial charge in [0.15, 0.2) is 0 Å². The van der Waals surface area contributed by atoms with Crippen LogP contribution in [0.4, 0.5) is 0 Å². The van der Waals surface area contributed by atoms with Crippen molar-refractivity contribution >= 4 is 0 Å².